The molecule has 0 saturated heterocycles. The summed E-state index contributed by atoms with van der Waals surface area (Å²) >= 11 is 0. The number of benzene rings is 1. The Kier molecular flexibility index (Phi) is 5.63. The Balaban J connectivity index is 1.60. The van der Waals surface area contributed by atoms with Crippen LogP contribution in [-0.4, -0.2) is 30.2 Å². The van der Waals surface area contributed by atoms with Gasteiger partial charge in [0, 0.05) is 24.4 Å². The summed E-state index contributed by atoms with van der Waals surface area (Å²) in [7, 11) is 0. The smallest absolute Gasteiger partial charge is 0.239 e. The summed E-state index contributed by atoms with van der Waals surface area (Å²) in [5, 5.41) is 5.30. The van der Waals surface area contributed by atoms with Crippen molar-refractivity contribution in [2.24, 2.45) is 0 Å². The maximum atomic E-state index is 12.7. The van der Waals surface area contributed by atoms with E-state index in [1.807, 2.05) is 0 Å². The van der Waals surface area contributed by atoms with E-state index in [0.717, 1.165) is 12.8 Å². The second kappa shape index (κ2) is 7.68. The Morgan fingerprint density at radius 1 is 1.05 bits per heavy atom. The summed E-state index contributed by atoms with van der Waals surface area (Å²) < 4.78 is 12.7. The molecule has 22 heavy (non-hydrogen) atoms. The zero-order valence-corrected chi connectivity index (χ0v) is 12.2. The number of amides is 2. The second-order valence-corrected chi connectivity index (χ2v) is 5.40. The van der Waals surface area contributed by atoms with E-state index in [9.17, 15) is 18.8 Å². The monoisotopic (exact) mass is 306 g/mol. The lowest BCUT2D eigenvalue weighted by atomic mass is 10.1. The zero-order chi connectivity index (χ0) is 15.9. The number of rotatable bonds is 8. The molecule has 1 aromatic rings. The van der Waals surface area contributed by atoms with Crippen molar-refractivity contribution in [3.8, 4) is 0 Å². The zero-order valence-electron chi connectivity index (χ0n) is 12.2. The first kappa shape index (κ1) is 16.1. The van der Waals surface area contributed by atoms with E-state index in [-0.39, 0.29) is 48.8 Å². The number of hydrogen-bond acceptors (Lipinski definition) is 3. The van der Waals surface area contributed by atoms with Crippen LogP contribution in [0.15, 0.2) is 24.3 Å². The van der Waals surface area contributed by atoms with Gasteiger partial charge in [0.1, 0.15) is 5.82 Å². The first-order valence-electron chi connectivity index (χ1n) is 7.39. The first-order valence-corrected chi connectivity index (χ1v) is 7.39. The van der Waals surface area contributed by atoms with Gasteiger partial charge in [-0.2, -0.15) is 0 Å². The standard InChI is InChI=1S/C16H19FN2O3/c17-12-6-4-11(5-7-12)14(20)2-1-3-15(21)18-10-16(22)19-13-8-9-13/h4-7,13H,1-3,8-10H2,(H,18,21)(H,19,22). The lowest BCUT2D eigenvalue weighted by molar-refractivity contribution is -0.126. The first-order chi connectivity index (χ1) is 10.5. The fraction of sp³-hybridized carbons (Fsp3) is 0.438. The molecule has 0 aliphatic heterocycles. The van der Waals surface area contributed by atoms with E-state index in [2.05, 4.69) is 10.6 Å². The molecule has 2 N–H and O–H groups in total. The minimum absolute atomic E-state index is 0.0265. The molecule has 1 fully saturated rings. The Morgan fingerprint density at radius 3 is 2.36 bits per heavy atom. The van der Waals surface area contributed by atoms with Gasteiger partial charge in [0.05, 0.1) is 6.54 Å². The summed E-state index contributed by atoms with van der Waals surface area (Å²) in [5.74, 6) is -0.948. The number of carbonyl (C=O) groups excluding carboxylic acids is 3. The van der Waals surface area contributed by atoms with Crippen LogP contribution in [0.3, 0.4) is 0 Å². The number of carbonyl (C=O) groups is 3. The third-order valence-electron chi connectivity index (χ3n) is 3.36. The molecule has 2 rings (SSSR count). The van der Waals surface area contributed by atoms with Crippen LogP contribution in [0.5, 0.6) is 0 Å². The predicted octanol–water partition coefficient (Wildman–Crippen LogP) is 1.57. The Bertz CT molecular complexity index is 553. The summed E-state index contributed by atoms with van der Waals surface area (Å²) in [4.78, 5) is 34.8. The molecular formula is C16H19FN2O3. The van der Waals surface area contributed by atoms with E-state index >= 15 is 0 Å². The van der Waals surface area contributed by atoms with Crippen molar-refractivity contribution in [2.75, 3.05) is 6.54 Å². The van der Waals surface area contributed by atoms with Gasteiger partial charge >= 0.3 is 0 Å². The van der Waals surface area contributed by atoms with Gasteiger partial charge in [0.2, 0.25) is 11.8 Å². The molecule has 118 valence electrons. The molecule has 0 aromatic heterocycles. The molecule has 1 aliphatic carbocycles. The van der Waals surface area contributed by atoms with Crippen LogP contribution >= 0.6 is 0 Å². The van der Waals surface area contributed by atoms with Gasteiger partial charge < -0.3 is 10.6 Å². The normalized spacial score (nSPS) is 13.5. The Morgan fingerprint density at radius 2 is 1.73 bits per heavy atom. The average Bonchev–Trinajstić information content (AvgIpc) is 3.29. The van der Waals surface area contributed by atoms with Crippen molar-refractivity contribution >= 4 is 17.6 Å². The van der Waals surface area contributed by atoms with Crippen molar-refractivity contribution in [1.29, 1.82) is 0 Å². The number of nitrogens with one attached hydrogen (secondary N) is 2. The summed E-state index contributed by atoms with van der Waals surface area (Å²) in [6, 6.07) is 5.61. The van der Waals surface area contributed by atoms with Crippen LogP contribution in [0.4, 0.5) is 4.39 Å². The molecule has 0 bridgehead atoms. The van der Waals surface area contributed by atoms with E-state index in [1.54, 1.807) is 0 Å². The molecule has 2 amide bonds. The SMILES string of the molecule is O=C(CCCC(=O)c1ccc(F)cc1)NCC(=O)NC1CC1. The Labute approximate surface area is 128 Å². The van der Waals surface area contributed by atoms with Crippen LogP contribution in [0.2, 0.25) is 0 Å². The molecule has 1 aromatic carbocycles. The fourth-order valence-electron chi connectivity index (χ4n) is 1.96. The fourth-order valence-corrected chi connectivity index (χ4v) is 1.96. The minimum atomic E-state index is -0.389. The van der Waals surface area contributed by atoms with Gasteiger partial charge in [-0.25, -0.2) is 4.39 Å². The van der Waals surface area contributed by atoms with Crippen LogP contribution in [0.1, 0.15) is 42.5 Å². The van der Waals surface area contributed by atoms with Crippen LogP contribution in [-0.2, 0) is 9.59 Å². The molecule has 0 spiro atoms. The largest absolute Gasteiger partial charge is 0.352 e. The van der Waals surface area contributed by atoms with Crippen molar-refractivity contribution in [2.45, 2.75) is 38.1 Å². The van der Waals surface area contributed by atoms with Gasteiger partial charge in [0.25, 0.3) is 0 Å². The van der Waals surface area contributed by atoms with E-state index in [1.165, 1.54) is 24.3 Å². The molecule has 0 atom stereocenters. The second-order valence-electron chi connectivity index (χ2n) is 5.40. The lowest BCUT2D eigenvalue weighted by Crippen LogP contribution is -2.37. The third-order valence-corrected chi connectivity index (χ3v) is 3.36. The van der Waals surface area contributed by atoms with E-state index in [4.69, 9.17) is 0 Å². The molecular weight excluding hydrogens is 287 g/mol. The minimum Gasteiger partial charge on any atom is -0.352 e. The number of Topliss-reactive ketones (excluding diaryl/α,β-unsaturated/α-hetero) is 1. The molecule has 0 radical (unpaired) electrons. The number of ketones is 1. The van der Waals surface area contributed by atoms with Gasteiger partial charge in [-0.15, -0.1) is 0 Å². The van der Waals surface area contributed by atoms with Crippen molar-refractivity contribution < 1.29 is 18.8 Å². The predicted molar refractivity (Wildman–Crippen MR) is 78.8 cm³/mol. The molecule has 1 aliphatic rings. The van der Waals surface area contributed by atoms with Crippen molar-refractivity contribution in [3.63, 3.8) is 0 Å². The highest BCUT2D eigenvalue weighted by molar-refractivity contribution is 5.96. The maximum absolute atomic E-state index is 12.7. The van der Waals surface area contributed by atoms with Gasteiger partial charge in [-0.1, -0.05) is 0 Å². The third kappa shape index (κ3) is 5.63. The molecule has 1 saturated carbocycles. The van der Waals surface area contributed by atoms with Gasteiger partial charge in [-0.3, -0.25) is 14.4 Å². The van der Waals surface area contributed by atoms with Crippen LogP contribution in [0, 0.1) is 5.82 Å². The quantitative estimate of drug-likeness (QED) is 0.716. The highest BCUT2D eigenvalue weighted by Gasteiger charge is 2.23. The van der Waals surface area contributed by atoms with Crippen LogP contribution in [0.25, 0.3) is 0 Å². The topological polar surface area (TPSA) is 75.3 Å². The van der Waals surface area contributed by atoms with E-state index < -0.39 is 0 Å². The number of hydrogen-bond donors (Lipinski definition) is 2. The Hall–Kier alpha value is -2.24. The summed E-state index contributed by atoms with van der Waals surface area (Å²) in [6.45, 7) is -0.0265. The molecule has 0 heterocycles. The summed E-state index contributed by atoms with van der Waals surface area (Å²) in [5.41, 5.74) is 0.436. The van der Waals surface area contributed by atoms with Crippen molar-refractivity contribution in [1.82, 2.24) is 10.6 Å². The van der Waals surface area contributed by atoms with Crippen molar-refractivity contribution in [3.05, 3.63) is 35.6 Å². The van der Waals surface area contributed by atoms with Gasteiger partial charge in [0.15, 0.2) is 5.78 Å². The number of halogens is 1. The summed E-state index contributed by atoms with van der Waals surface area (Å²) in [6.07, 6.45) is 2.81. The molecule has 6 heteroatoms. The molecule has 0 unspecified atom stereocenters. The highest BCUT2D eigenvalue weighted by Crippen LogP contribution is 2.18. The highest BCUT2D eigenvalue weighted by atomic mass is 19.1. The van der Waals surface area contributed by atoms with Gasteiger partial charge in [-0.05, 0) is 43.5 Å². The van der Waals surface area contributed by atoms with Crippen LogP contribution < -0.4 is 10.6 Å². The average molecular weight is 306 g/mol. The van der Waals surface area contributed by atoms with E-state index in [0.29, 0.717) is 12.0 Å². The lowest BCUT2D eigenvalue weighted by Gasteiger charge is -2.06. The maximum Gasteiger partial charge on any atom is 0.239 e. The molecule has 5 nitrogen and oxygen atoms in total.